The van der Waals surface area contributed by atoms with E-state index in [0.29, 0.717) is 5.95 Å². The predicted molar refractivity (Wildman–Crippen MR) is 98.9 cm³/mol. The van der Waals surface area contributed by atoms with Crippen LogP contribution in [0, 0.1) is 0 Å². The Kier molecular flexibility index (Phi) is 6.04. The summed E-state index contributed by atoms with van der Waals surface area (Å²) in [5.74, 6) is 1.52. The Balaban J connectivity index is 2.31. The number of methoxy groups -OCH3 is 1. The monoisotopic (exact) mass is 375 g/mol. The average molecular weight is 376 g/mol. The second-order valence-corrected chi connectivity index (χ2v) is 6.19. The molecule has 1 atom stereocenters. The fraction of sp³-hybridized carbons (Fsp3) is 0.278. The highest BCUT2D eigenvalue weighted by molar-refractivity contribution is 9.11. The van der Waals surface area contributed by atoms with Crippen LogP contribution < -0.4 is 10.5 Å². The molecule has 2 rings (SSSR count). The molecule has 0 spiro atoms. The maximum atomic E-state index is 5.90. The van der Waals surface area contributed by atoms with Crippen molar-refractivity contribution in [2.45, 2.75) is 19.3 Å². The van der Waals surface area contributed by atoms with E-state index in [4.69, 9.17) is 10.5 Å². The smallest absolute Gasteiger partial charge is 0.200 e. The Bertz CT molecular complexity index is 682. The number of nitrogen functional groups attached to an aromatic ring is 1. The standard InChI is InChI=1S/C18H22BrN3O/c1-4-14(19)6-5-7-16(17-12-22(2)18(20)21-17)13-8-10-15(23-3)11-9-13/h4-6,8-12,16H,7H2,1-3H3,(H2,20,21). The molecule has 0 aliphatic carbocycles. The van der Waals surface area contributed by atoms with Crippen LogP contribution in [0.3, 0.4) is 0 Å². The highest BCUT2D eigenvalue weighted by Gasteiger charge is 2.17. The molecule has 2 N–H and O–H groups in total. The first-order chi connectivity index (χ1) is 11.0. The minimum absolute atomic E-state index is 0.151. The van der Waals surface area contributed by atoms with Gasteiger partial charge in [0.25, 0.3) is 0 Å². The molecule has 0 saturated carbocycles. The minimum Gasteiger partial charge on any atom is -0.497 e. The topological polar surface area (TPSA) is 53.1 Å². The molecule has 1 heterocycles. The van der Waals surface area contributed by atoms with E-state index >= 15 is 0 Å². The zero-order chi connectivity index (χ0) is 16.8. The number of hydrogen-bond donors (Lipinski definition) is 1. The summed E-state index contributed by atoms with van der Waals surface area (Å²) < 4.78 is 8.14. The van der Waals surface area contributed by atoms with Gasteiger partial charge in [0, 0.05) is 23.6 Å². The Hall–Kier alpha value is -2.01. The Labute approximate surface area is 145 Å². The fourth-order valence-corrected chi connectivity index (χ4v) is 2.54. The van der Waals surface area contributed by atoms with E-state index in [1.54, 1.807) is 7.11 Å². The number of rotatable bonds is 6. The van der Waals surface area contributed by atoms with E-state index in [2.05, 4.69) is 45.2 Å². The molecule has 4 nitrogen and oxygen atoms in total. The molecule has 1 aromatic heterocycles. The van der Waals surface area contributed by atoms with Crippen molar-refractivity contribution >= 4 is 21.9 Å². The maximum Gasteiger partial charge on any atom is 0.200 e. The van der Waals surface area contributed by atoms with Gasteiger partial charge in [0.15, 0.2) is 5.95 Å². The molecule has 0 aliphatic rings. The average Bonchev–Trinajstić information content (AvgIpc) is 2.90. The third-order valence-corrected chi connectivity index (χ3v) is 4.45. The van der Waals surface area contributed by atoms with Crippen LogP contribution in [-0.4, -0.2) is 16.7 Å². The van der Waals surface area contributed by atoms with Crippen LogP contribution in [-0.2, 0) is 7.05 Å². The number of hydrogen-bond acceptors (Lipinski definition) is 3. The van der Waals surface area contributed by atoms with Crippen molar-refractivity contribution in [3.8, 4) is 5.75 Å². The highest BCUT2D eigenvalue weighted by atomic mass is 79.9. The Morgan fingerprint density at radius 3 is 2.61 bits per heavy atom. The van der Waals surface area contributed by atoms with Gasteiger partial charge in [-0.05, 0) is 31.0 Å². The summed E-state index contributed by atoms with van der Waals surface area (Å²) in [7, 11) is 3.58. The van der Waals surface area contributed by atoms with Crippen LogP contribution in [0.4, 0.5) is 5.95 Å². The minimum atomic E-state index is 0.151. The van der Waals surface area contributed by atoms with Crippen molar-refractivity contribution in [3.05, 3.63) is 64.4 Å². The summed E-state index contributed by atoms with van der Waals surface area (Å²) in [5.41, 5.74) is 8.05. The summed E-state index contributed by atoms with van der Waals surface area (Å²) in [5, 5.41) is 0. The molecule has 0 radical (unpaired) electrons. The summed E-state index contributed by atoms with van der Waals surface area (Å²) in [6, 6.07) is 8.10. The molecule has 0 saturated heterocycles. The summed E-state index contributed by atoms with van der Waals surface area (Å²) in [6.45, 7) is 1.99. The SMILES string of the molecule is CC=C(Br)C=CCC(c1ccc(OC)cc1)c1cn(C)c(N)n1. The number of allylic oxidation sites excluding steroid dienone is 4. The lowest BCUT2D eigenvalue weighted by molar-refractivity contribution is 0.414. The molecule has 0 fully saturated rings. The van der Waals surface area contributed by atoms with Crippen LogP contribution in [0.2, 0.25) is 0 Å². The Morgan fingerprint density at radius 1 is 1.39 bits per heavy atom. The van der Waals surface area contributed by atoms with Crippen molar-refractivity contribution in [1.29, 1.82) is 0 Å². The predicted octanol–water partition coefficient (Wildman–Crippen LogP) is 4.39. The van der Waals surface area contributed by atoms with Crippen LogP contribution in [0.5, 0.6) is 5.75 Å². The lowest BCUT2D eigenvalue weighted by Gasteiger charge is -2.14. The Morgan fingerprint density at radius 2 is 2.09 bits per heavy atom. The fourth-order valence-electron chi connectivity index (χ4n) is 2.35. The van der Waals surface area contributed by atoms with E-state index < -0.39 is 0 Å². The second-order valence-electron chi connectivity index (χ2n) is 5.27. The molecule has 5 heteroatoms. The number of aromatic nitrogens is 2. The molecule has 0 aliphatic heterocycles. The molecule has 1 unspecified atom stereocenters. The molecule has 2 aromatic rings. The van der Waals surface area contributed by atoms with Crippen LogP contribution in [0.25, 0.3) is 0 Å². The number of ether oxygens (including phenoxy) is 1. The first-order valence-electron chi connectivity index (χ1n) is 7.46. The number of benzene rings is 1. The van der Waals surface area contributed by atoms with Gasteiger partial charge in [-0.3, -0.25) is 0 Å². The van der Waals surface area contributed by atoms with Crippen LogP contribution in [0.1, 0.15) is 30.5 Å². The van der Waals surface area contributed by atoms with Crippen LogP contribution >= 0.6 is 15.9 Å². The lowest BCUT2D eigenvalue weighted by Crippen LogP contribution is -2.01. The number of imidazole rings is 1. The lowest BCUT2D eigenvalue weighted by atomic mass is 9.92. The van der Waals surface area contributed by atoms with Gasteiger partial charge in [0.1, 0.15) is 5.75 Å². The molecule has 0 amide bonds. The summed E-state index contributed by atoms with van der Waals surface area (Å²) in [4.78, 5) is 4.50. The van der Waals surface area contributed by atoms with E-state index in [-0.39, 0.29) is 5.92 Å². The quantitative estimate of drug-likeness (QED) is 0.761. The van der Waals surface area contributed by atoms with Gasteiger partial charge in [-0.15, -0.1) is 0 Å². The molecule has 122 valence electrons. The largest absolute Gasteiger partial charge is 0.497 e. The summed E-state index contributed by atoms with van der Waals surface area (Å²) in [6.07, 6.45) is 9.04. The second kappa shape index (κ2) is 8.02. The third kappa shape index (κ3) is 4.48. The first-order valence-corrected chi connectivity index (χ1v) is 8.25. The number of nitrogens with two attached hydrogens (primary N) is 1. The van der Waals surface area contributed by atoms with Crippen molar-refractivity contribution in [3.63, 3.8) is 0 Å². The molecule has 23 heavy (non-hydrogen) atoms. The zero-order valence-electron chi connectivity index (χ0n) is 13.7. The summed E-state index contributed by atoms with van der Waals surface area (Å²) >= 11 is 3.49. The molecule has 0 bridgehead atoms. The molecule has 1 aromatic carbocycles. The zero-order valence-corrected chi connectivity index (χ0v) is 15.2. The van der Waals surface area contributed by atoms with Gasteiger partial charge < -0.3 is 15.0 Å². The van der Waals surface area contributed by atoms with Crippen molar-refractivity contribution in [2.24, 2.45) is 7.05 Å². The first kappa shape index (κ1) is 17.3. The molecular weight excluding hydrogens is 354 g/mol. The number of halogens is 1. The van der Waals surface area contributed by atoms with Crippen molar-refractivity contribution in [1.82, 2.24) is 9.55 Å². The van der Waals surface area contributed by atoms with Gasteiger partial charge in [-0.2, -0.15) is 0 Å². The van der Waals surface area contributed by atoms with Crippen LogP contribution in [0.15, 0.2) is 53.2 Å². The van der Waals surface area contributed by atoms with E-state index in [0.717, 1.165) is 22.3 Å². The van der Waals surface area contributed by atoms with Gasteiger partial charge in [-0.1, -0.05) is 46.3 Å². The van der Waals surface area contributed by atoms with E-state index in [9.17, 15) is 0 Å². The van der Waals surface area contributed by atoms with Crippen molar-refractivity contribution in [2.75, 3.05) is 12.8 Å². The highest BCUT2D eigenvalue weighted by Crippen LogP contribution is 2.30. The normalized spacial score (nSPS) is 13.5. The number of nitrogens with zero attached hydrogens (tertiary/aromatic N) is 2. The van der Waals surface area contributed by atoms with E-state index in [1.807, 2.05) is 42.9 Å². The number of aryl methyl sites for hydroxylation is 1. The van der Waals surface area contributed by atoms with Gasteiger partial charge in [0.2, 0.25) is 0 Å². The van der Waals surface area contributed by atoms with Crippen molar-refractivity contribution < 1.29 is 4.74 Å². The van der Waals surface area contributed by atoms with E-state index in [1.165, 1.54) is 5.56 Å². The maximum absolute atomic E-state index is 5.90. The van der Waals surface area contributed by atoms with Gasteiger partial charge in [0.05, 0.1) is 12.8 Å². The van der Waals surface area contributed by atoms with Gasteiger partial charge >= 0.3 is 0 Å². The van der Waals surface area contributed by atoms with Gasteiger partial charge in [-0.25, -0.2) is 4.98 Å². The number of anilines is 1. The third-order valence-electron chi connectivity index (χ3n) is 3.73. The molecular formula is C18H22BrN3O.